The molecule has 0 bridgehead atoms. The van der Waals surface area contributed by atoms with Crippen LogP contribution in [0.4, 0.5) is 0 Å². The summed E-state index contributed by atoms with van der Waals surface area (Å²) in [6.45, 7) is 5.95. The topological polar surface area (TPSA) is 33.4 Å². The number of fused-ring (bicyclic) bond motifs is 3. The van der Waals surface area contributed by atoms with Crippen LogP contribution in [-0.2, 0) is 0 Å². The molecule has 0 fully saturated rings. The van der Waals surface area contributed by atoms with Crippen molar-refractivity contribution in [3.63, 3.8) is 0 Å². The zero-order valence-electron chi connectivity index (χ0n) is 11.8. The minimum Gasteiger partial charge on any atom is -0.458 e. The van der Waals surface area contributed by atoms with Crippen molar-refractivity contribution in [1.82, 2.24) is 0 Å². The number of halogens is 1. The van der Waals surface area contributed by atoms with Crippen LogP contribution in [0.15, 0.2) is 40.8 Å². The molecule has 3 rings (SSSR count). The van der Waals surface area contributed by atoms with Crippen LogP contribution in [0.3, 0.4) is 0 Å². The van der Waals surface area contributed by atoms with Crippen molar-refractivity contribution in [2.45, 2.75) is 26.9 Å². The average molecular weight is 289 g/mol. The molecular formula is C17H17ClO2. The van der Waals surface area contributed by atoms with E-state index in [1.54, 1.807) is 0 Å². The molecular weight excluding hydrogens is 272 g/mol. The summed E-state index contributed by atoms with van der Waals surface area (Å²) in [6.07, 6.45) is -0.646. The first kappa shape index (κ1) is 13.5. The molecule has 1 atom stereocenters. The standard InChI is InChI=1S/C17H17ClO2/c1-17(2,3)16(19)14-9-10-8-13(18)11-6-4-5-7-12(11)15(10)20-14/h4-9,16,19H,1-3H3. The van der Waals surface area contributed by atoms with Gasteiger partial charge in [-0.25, -0.2) is 0 Å². The SMILES string of the molecule is CC(C)(C)C(O)c1cc2cc(Cl)c3ccccc3c2o1. The van der Waals surface area contributed by atoms with Gasteiger partial charge in [0.05, 0.1) is 0 Å². The molecule has 0 saturated heterocycles. The van der Waals surface area contributed by atoms with Gasteiger partial charge in [-0.05, 0) is 17.5 Å². The first-order chi connectivity index (χ1) is 9.38. The first-order valence-electron chi connectivity index (χ1n) is 6.66. The van der Waals surface area contributed by atoms with E-state index < -0.39 is 6.10 Å². The molecule has 104 valence electrons. The average Bonchev–Trinajstić information content (AvgIpc) is 2.81. The summed E-state index contributed by atoms with van der Waals surface area (Å²) in [6, 6.07) is 11.6. The largest absolute Gasteiger partial charge is 0.458 e. The molecule has 0 aliphatic rings. The van der Waals surface area contributed by atoms with E-state index in [1.807, 2.05) is 57.2 Å². The summed E-state index contributed by atoms with van der Waals surface area (Å²) in [5, 5.41) is 13.9. The maximum Gasteiger partial charge on any atom is 0.142 e. The lowest BCUT2D eigenvalue weighted by atomic mass is 9.88. The molecule has 0 aliphatic heterocycles. The summed E-state index contributed by atoms with van der Waals surface area (Å²) in [5.74, 6) is 0.583. The summed E-state index contributed by atoms with van der Waals surface area (Å²) in [7, 11) is 0. The number of hydrogen-bond donors (Lipinski definition) is 1. The van der Waals surface area contributed by atoms with E-state index in [2.05, 4.69) is 0 Å². The highest BCUT2D eigenvalue weighted by atomic mass is 35.5. The quantitative estimate of drug-likeness (QED) is 0.657. The summed E-state index contributed by atoms with van der Waals surface area (Å²) >= 11 is 6.31. The normalized spacial score (nSPS) is 14.1. The minimum atomic E-state index is -0.646. The number of aliphatic hydroxyl groups excluding tert-OH is 1. The molecule has 0 saturated carbocycles. The van der Waals surface area contributed by atoms with Crippen LogP contribution < -0.4 is 0 Å². The van der Waals surface area contributed by atoms with Gasteiger partial charge >= 0.3 is 0 Å². The fourth-order valence-electron chi connectivity index (χ4n) is 2.41. The number of rotatable bonds is 1. The molecule has 1 heterocycles. The number of benzene rings is 2. The maximum atomic E-state index is 10.4. The van der Waals surface area contributed by atoms with Crippen molar-refractivity contribution in [3.05, 3.63) is 47.2 Å². The molecule has 0 aliphatic carbocycles. The minimum absolute atomic E-state index is 0.270. The fourth-order valence-corrected chi connectivity index (χ4v) is 2.69. The number of hydrogen-bond acceptors (Lipinski definition) is 2. The van der Waals surface area contributed by atoms with Gasteiger partial charge in [0.2, 0.25) is 0 Å². The Balaban J connectivity index is 2.29. The van der Waals surface area contributed by atoms with Gasteiger partial charge < -0.3 is 9.52 Å². The van der Waals surface area contributed by atoms with Crippen molar-refractivity contribution >= 4 is 33.3 Å². The molecule has 1 N–H and O–H groups in total. The maximum absolute atomic E-state index is 10.4. The van der Waals surface area contributed by atoms with E-state index in [4.69, 9.17) is 16.0 Å². The third-order valence-electron chi connectivity index (χ3n) is 3.58. The Hall–Kier alpha value is -1.51. The zero-order chi connectivity index (χ0) is 14.5. The van der Waals surface area contributed by atoms with E-state index >= 15 is 0 Å². The van der Waals surface area contributed by atoms with Gasteiger partial charge in [-0.15, -0.1) is 0 Å². The van der Waals surface area contributed by atoms with Crippen molar-refractivity contribution in [2.75, 3.05) is 0 Å². The van der Waals surface area contributed by atoms with Crippen molar-refractivity contribution < 1.29 is 9.52 Å². The van der Waals surface area contributed by atoms with Crippen molar-refractivity contribution in [3.8, 4) is 0 Å². The van der Waals surface area contributed by atoms with E-state index in [0.717, 1.165) is 21.7 Å². The molecule has 2 aromatic carbocycles. The third kappa shape index (κ3) is 2.09. The Morgan fingerprint density at radius 1 is 1.10 bits per heavy atom. The second-order valence-electron chi connectivity index (χ2n) is 6.24. The van der Waals surface area contributed by atoms with Crippen LogP contribution >= 0.6 is 11.6 Å². The van der Waals surface area contributed by atoms with Crippen LogP contribution in [0.5, 0.6) is 0 Å². The molecule has 3 aromatic rings. The molecule has 3 heteroatoms. The lowest BCUT2D eigenvalue weighted by Gasteiger charge is -2.23. The van der Waals surface area contributed by atoms with Gasteiger partial charge in [-0.2, -0.15) is 0 Å². The molecule has 0 amide bonds. The highest BCUT2D eigenvalue weighted by Crippen LogP contribution is 2.39. The van der Waals surface area contributed by atoms with Crippen molar-refractivity contribution in [1.29, 1.82) is 0 Å². The Kier molecular flexibility index (Phi) is 3.03. The highest BCUT2D eigenvalue weighted by molar-refractivity contribution is 6.37. The van der Waals surface area contributed by atoms with Gasteiger partial charge in [-0.3, -0.25) is 0 Å². The summed E-state index contributed by atoms with van der Waals surface area (Å²) in [4.78, 5) is 0. The Bertz CT molecular complexity index is 781. The Labute approximate surface area is 123 Å². The molecule has 1 aromatic heterocycles. The van der Waals surface area contributed by atoms with Gasteiger partial charge in [0.15, 0.2) is 0 Å². The highest BCUT2D eigenvalue weighted by Gasteiger charge is 2.27. The smallest absolute Gasteiger partial charge is 0.142 e. The zero-order valence-corrected chi connectivity index (χ0v) is 12.5. The van der Waals surface area contributed by atoms with Crippen LogP contribution in [0, 0.1) is 5.41 Å². The van der Waals surface area contributed by atoms with E-state index in [1.165, 1.54) is 0 Å². The third-order valence-corrected chi connectivity index (χ3v) is 3.89. The van der Waals surface area contributed by atoms with Crippen molar-refractivity contribution in [2.24, 2.45) is 5.41 Å². The molecule has 0 radical (unpaired) electrons. The second kappa shape index (κ2) is 4.51. The number of furan rings is 1. The lowest BCUT2D eigenvalue weighted by molar-refractivity contribution is 0.0449. The Morgan fingerprint density at radius 3 is 2.40 bits per heavy atom. The van der Waals surface area contributed by atoms with Gasteiger partial charge in [0.1, 0.15) is 17.4 Å². The monoisotopic (exact) mass is 288 g/mol. The lowest BCUT2D eigenvalue weighted by Crippen LogP contribution is -2.16. The van der Waals surface area contributed by atoms with Gasteiger partial charge in [-0.1, -0.05) is 56.6 Å². The molecule has 20 heavy (non-hydrogen) atoms. The van der Waals surface area contributed by atoms with Crippen LogP contribution in [0.1, 0.15) is 32.6 Å². The summed E-state index contributed by atoms with van der Waals surface area (Å²) in [5.41, 5.74) is 0.510. The molecule has 2 nitrogen and oxygen atoms in total. The van der Waals surface area contributed by atoms with E-state index in [0.29, 0.717) is 10.8 Å². The van der Waals surface area contributed by atoms with Crippen LogP contribution in [-0.4, -0.2) is 5.11 Å². The second-order valence-corrected chi connectivity index (χ2v) is 6.65. The first-order valence-corrected chi connectivity index (χ1v) is 7.04. The predicted molar refractivity (Wildman–Crippen MR) is 83.1 cm³/mol. The Morgan fingerprint density at radius 2 is 1.75 bits per heavy atom. The number of aliphatic hydroxyl groups is 1. The fraction of sp³-hybridized carbons (Fsp3) is 0.294. The predicted octanol–water partition coefficient (Wildman–Crippen LogP) is 5.32. The van der Waals surface area contributed by atoms with Crippen LogP contribution in [0.25, 0.3) is 21.7 Å². The van der Waals surface area contributed by atoms with Gasteiger partial charge in [0.25, 0.3) is 0 Å². The van der Waals surface area contributed by atoms with Gasteiger partial charge in [0, 0.05) is 21.2 Å². The van der Waals surface area contributed by atoms with E-state index in [9.17, 15) is 5.11 Å². The summed E-state index contributed by atoms with van der Waals surface area (Å²) < 4.78 is 5.92. The molecule has 0 spiro atoms. The van der Waals surface area contributed by atoms with Crippen LogP contribution in [0.2, 0.25) is 5.02 Å². The molecule has 1 unspecified atom stereocenters. The van der Waals surface area contributed by atoms with E-state index in [-0.39, 0.29) is 5.41 Å².